The van der Waals surface area contributed by atoms with E-state index in [0.29, 0.717) is 11.5 Å². The van der Waals surface area contributed by atoms with E-state index in [1.165, 1.54) is 30.5 Å². The largest absolute Gasteiger partial charge is 0.340 e. The number of benzene rings is 1. The van der Waals surface area contributed by atoms with Gasteiger partial charge in [-0.3, -0.25) is 9.69 Å². The molecule has 1 aromatic heterocycles. The molecule has 2 aromatic rings. The van der Waals surface area contributed by atoms with Crippen LogP contribution in [0, 0.1) is 34.5 Å². The number of piperazine rings is 1. The molecule has 5 fully saturated rings. The van der Waals surface area contributed by atoms with Crippen LogP contribution in [0.4, 0.5) is 0 Å². The lowest BCUT2D eigenvalue weighted by Crippen LogP contribution is -2.58. The van der Waals surface area contributed by atoms with Gasteiger partial charge in [0.25, 0.3) is 0 Å². The molecule has 0 atom stereocenters. The molecule has 33 heavy (non-hydrogen) atoms. The van der Waals surface area contributed by atoms with Gasteiger partial charge < -0.3 is 9.47 Å². The monoisotopic (exact) mass is 443 g/mol. The predicted octanol–water partition coefficient (Wildman–Crippen LogP) is 3.66. The molecular formula is C27H33N5O. The minimum atomic E-state index is -0.0172. The molecular weight excluding hydrogens is 410 g/mol. The van der Waals surface area contributed by atoms with Crippen molar-refractivity contribution in [3.05, 3.63) is 53.6 Å². The van der Waals surface area contributed by atoms with Gasteiger partial charge in [-0.2, -0.15) is 5.26 Å². The van der Waals surface area contributed by atoms with Crippen LogP contribution in [0.2, 0.25) is 0 Å². The second kappa shape index (κ2) is 8.29. The van der Waals surface area contributed by atoms with Crippen molar-refractivity contribution in [2.75, 3.05) is 26.2 Å². The lowest BCUT2D eigenvalue weighted by Gasteiger charge is -2.57. The Morgan fingerprint density at radius 2 is 1.61 bits per heavy atom. The van der Waals surface area contributed by atoms with Gasteiger partial charge in [0, 0.05) is 45.5 Å². The third-order valence-electron chi connectivity index (χ3n) is 8.77. The molecule has 4 aliphatic carbocycles. The Morgan fingerprint density at radius 3 is 2.21 bits per heavy atom. The minimum Gasteiger partial charge on any atom is -0.340 e. The van der Waals surface area contributed by atoms with E-state index in [1.807, 2.05) is 36.8 Å². The highest BCUT2D eigenvalue weighted by Gasteiger charge is 2.55. The minimum absolute atomic E-state index is 0.0172. The highest BCUT2D eigenvalue weighted by Crippen LogP contribution is 2.60. The summed E-state index contributed by atoms with van der Waals surface area (Å²) >= 11 is 0. The number of amides is 1. The topological polar surface area (TPSA) is 65.2 Å². The first kappa shape index (κ1) is 20.9. The van der Waals surface area contributed by atoms with Crippen molar-refractivity contribution < 1.29 is 4.79 Å². The summed E-state index contributed by atoms with van der Waals surface area (Å²) in [6, 6.07) is 9.93. The first-order valence-corrected chi connectivity index (χ1v) is 12.6. The summed E-state index contributed by atoms with van der Waals surface area (Å²) < 4.78 is 2.19. The highest BCUT2D eigenvalue weighted by atomic mass is 16.2. The van der Waals surface area contributed by atoms with Crippen molar-refractivity contribution in [3.63, 3.8) is 0 Å². The second-order valence-corrected chi connectivity index (χ2v) is 11.1. The van der Waals surface area contributed by atoms with Crippen LogP contribution in [0.1, 0.15) is 55.3 Å². The average molecular weight is 444 g/mol. The fraction of sp³-hybridized carbons (Fsp3) is 0.593. The predicted molar refractivity (Wildman–Crippen MR) is 125 cm³/mol. The number of aromatic nitrogens is 2. The van der Waals surface area contributed by atoms with Crippen LogP contribution >= 0.6 is 0 Å². The molecule has 6 heteroatoms. The fourth-order valence-corrected chi connectivity index (χ4v) is 7.55. The van der Waals surface area contributed by atoms with Crippen molar-refractivity contribution in [1.82, 2.24) is 19.4 Å². The maximum atomic E-state index is 13.7. The molecule has 172 valence electrons. The van der Waals surface area contributed by atoms with Gasteiger partial charge in [-0.1, -0.05) is 12.1 Å². The van der Waals surface area contributed by atoms with E-state index in [1.54, 1.807) is 0 Å². The molecule has 0 spiro atoms. The third-order valence-corrected chi connectivity index (χ3v) is 8.77. The number of carbonyl (C=O) groups excluding carboxylic acids is 1. The molecule has 1 saturated heterocycles. The Balaban J connectivity index is 1.06. The molecule has 4 saturated carbocycles. The molecule has 0 unspecified atom stereocenters. The molecule has 2 heterocycles. The van der Waals surface area contributed by atoms with E-state index in [2.05, 4.69) is 25.4 Å². The molecule has 0 N–H and O–H groups in total. The zero-order chi connectivity index (χ0) is 22.4. The van der Waals surface area contributed by atoms with Crippen molar-refractivity contribution in [2.24, 2.45) is 23.2 Å². The molecule has 7 rings (SSSR count). The van der Waals surface area contributed by atoms with E-state index in [0.717, 1.165) is 76.3 Å². The van der Waals surface area contributed by atoms with Gasteiger partial charge in [0.2, 0.25) is 5.91 Å². The third kappa shape index (κ3) is 3.97. The van der Waals surface area contributed by atoms with Gasteiger partial charge in [-0.15, -0.1) is 0 Å². The summed E-state index contributed by atoms with van der Waals surface area (Å²) in [6.45, 7) is 5.18. The van der Waals surface area contributed by atoms with Crippen LogP contribution in [0.15, 0.2) is 36.8 Å². The van der Waals surface area contributed by atoms with Crippen LogP contribution < -0.4 is 0 Å². The lowest BCUT2D eigenvalue weighted by molar-refractivity contribution is -0.159. The number of nitrogens with zero attached hydrogens (tertiary/aromatic N) is 5. The van der Waals surface area contributed by atoms with Gasteiger partial charge in [0.15, 0.2) is 0 Å². The van der Waals surface area contributed by atoms with Crippen molar-refractivity contribution >= 4 is 5.91 Å². The summed E-state index contributed by atoms with van der Waals surface area (Å²) in [5, 5.41) is 9.00. The van der Waals surface area contributed by atoms with Crippen molar-refractivity contribution in [2.45, 2.75) is 51.6 Å². The molecule has 6 nitrogen and oxygen atoms in total. The number of imidazole rings is 1. The Kier molecular flexibility index (Phi) is 5.25. The Labute approximate surface area is 196 Å². The quantitative estimate of drug-likeness (QED) is 0.707. The Bertz CT molecular complexity index is 1020. The SMILES string of the molecule is N#Cc1ccc(Cn2cncc2CN2CCN(C(=O)C34CC5CC(CC(C5)C3)C4)CC2)cc1. The number of hydrogen-bond acceptors (Lipinski definition) is 4. The Hall–Kier alpha value is -2.65. The lowest BCUT2D eigenvalue weighted by atomic mass is 9.49. The Morgan fingerprint density at radius 1 is 0.970 bits per heavy atom. The smallest absolute Gasteiger partial charge is 0.228 e. The number of rotatable bonds is 5. The van der Waals surface area contributed by atoms with E-state index >= 15 is 0 Å². The number of hydrogen-bond donors (Lipinski definition) is 0. The summed E-state index contributed by atoms with van der Waals surface area (Å²) in [4.78, 5) is 22.7. The van der Waals surface area contributed by atoms with E-state index < -0.39 is 0 Å². The van der Waals surface area contributed by atoms with Gasteiger partial charge >= 0.3 is 0 Å². The number of carbonyl (C=O) groups is 1. The molecule has 1 amide bonds. The summed E-state index contributed by atoms with van der Waals surface area (Å²) in [7, 11) is 0. The van der Waals surface area contributed by atoms with Crippen LogP contribution in [-0.2, 0) is 17.9 Å². The molecule has 4 bridgehead atoms. The maximum absolute atomic E-state index is 13.7. The molecule has 1 aliphatic heterocycles. The summed E-state index contributed by atoms with van der Waals surface area (Å²) in [5.74, 6) is 2.93. The fourth-order valence-electron chi connectivity index (χ4n) is 7.55. The maximum Gasteiger partial charge on any atom is 0.228 e. The summed E-state index contributed by atoms with van der Waals surface area (Å²) in [6.07, 6.45) is 11.5. The van der Waals surface area contributed by atoms with Crippen LogP contribution in [0.5, 0.6) is 0 Å². The average Bonchev–Trinajstić information content (AvgIpc) is 3.25. The van der Waals surface area contributed by atoms with Gasteiger partial charge in [0.05, 0.1) is 29.1 Å². The van der Waals surface area contributed by atoms with Crippen molar-refractivity contribution in [3.8, 4) is 6.07 Å². The van der Waals surface area contributed by atoms with Gasteiger partial charge in [-0.25, -0.2) is 4.98 Å². The van der Waals surface area contributed by atoms with Gasteiger partial charge in [-0.05, 0) is 74.0 Å². The number of nitriles is 1. The molecule has 5 aliphatic rings. The zero-order valence-corrected chi connectivity index (χ0v) is 19.3. The van der Waals surface area contributed by atoms with Crippen LogP contribution in [-0.4, -0.2) is 51.4 Å². The zero-order valence-electron chi connectivity index (χ0n) is 19.3. The first-order valence-electron chi connectivity index (χ1n) is 12.6. The van der Waals surface area contributed by atoms with Crippen LogP contribution in [0.25, 0.3) is 0 Å². The van der Waals surface area contributed by atoms with E-state index in [4.69, 9.17) is 5.26 Å². The molecule has 1 aromatic carbocycles. The normalized spacial score (nSPS) is 31.0. The van der Waals surface area contributed by atoms with E-state index in [-0.39, 0.29) is 5.41 Å². The van der Waals surface area contributed by atoms with Gasteiger partial charge in [0.1, 0.15) is 0 Å². The summed E-state index contributed by atoms with van der Waals surface area (Å²) in [5.41, 5.74) is 3.03. The first-order chi connectivity index (χ1) is 16.1. The molecule has 0 radical (unpaired) electrons. The van der Waals surface area contributed by atoms with Crippen LogP contribution in [0.3, 0.4) is 0 Å². The highest BCUT2D eigenvalue weighted by molar-refractivity contribution is 5.83. The van der Waals surface area contributed by atoms with E-state index in [9.17, 15) is 4.79 Å². The van der Waals surface area contributed by atoms with Crippen molar-refractivity contribution in [1.29, 1.82) is 5.26 Å². The second-order valence-electron chi connectivity index (χ2n) is 11.1. The standard InChI is InChI=1S/C27H33N5O/c28-15-20-1-3-21(4-2-20)17-32-19-29-16-25(32)18-30-5-7-31(8-6-30)26(33)27-12-22-9-23(13-27)11-24(10-22)14-27/h1-4,16,19,22-24H,5-14,17-18H2.